The number of hydrogen-bond donors (Lipinski definition) is 0. The molecule has 2 amide bonds. The number of hydrogen-bond acceptors (Lipinski definition) is 4. The molecule has 6 nitrogen and oxygen atoms in total. The number of carbonyl (C=O) groups excluding carboxylic acids is 2. The molecule has 0 aliphatic carbocycles. The number of rotatable bonds is 2. The van der Waals surface area contributed by atoms with Crippen molar-refractivity contribution in [2.45, 2.75) is 6.92 Å². The summed E-state index contributed by atoms with van der Waals surface area (Å²) in [6.45, 7) is 1.65. The van der Waals surface area contributed by atoms with Gasteiger partial charge in [-0.2, -0.15) is 5.10 Å². The summed E-state index contributed by atoms with van der Waals surface area (Å²) in [4.78, 5) is 31.5. The molecule has 0 N–H and O–H groups in total. The van der Waals surface area contributed by atoms with Gasteiger partial charge in [-0.15, -0.1) is 0 Å². The van der Waals surface area contributed by atoms with Crippen LogP contribution in [-0.4, -0.2) is 26.6 Å². The molecular weight excluding hydrogens is 414 g/mol. The average molecular weight is 425 g/mol. The minimum atomic E-state index is -1.03. The molecule has 9 heteroatoms. The number of imide groups is 1. The highest BCUT2D eigenvalue weighted by Crippen LogP contribution is 2.35. The number of aromatic nitrogens is 3. The minimum Gasteiger partial charge on any atom is -0.268 e. The van der Waals surface area contributed by atoms with E-state index in [1.54, 1.807) is 25.1 Å². The number of carbonyl (C=O) groups is 2. The molecule has 30 heavy (non-hydrogen) atoms. The van der Waals surface area contributed by atoms with Crippen LogP contribution in [0.1, 0.15) is 26.4 Å². The Morgan fingerprint density at radius 3 is 2.50 bits per heavy atom. The van der Waals surface area contributed by atoms with Crippen molar-refractivity contribution in [1.82, 2.24) is 14.8 Å². The van der Waals surface area contributed by atoms with E-state index in [-0.39, 0.29) is 22.5 Å². The van der Waals surface area contributed by atoms with E-state index in [0.717, 1.165) is 17.0 Å². The quantitative estimate of drug-likeness (QED) is 0.445. The third-order valence-electron chi connectivity index (χ3n) is 4.94. The first kappa shape index (κ1) is 18.4. The standard InChI is InChI=1S/C21H11ClF2N4O2/c1-10-17-18-14(20(29)27(21(18)30)12-4-2-3-11(22)7-12)9-25-19(17)28(26-10)13-5-6-15(23)16(24)8-13/h2-9H,1H3. The minimum absolute atomic E-state index is 0.139. The first-order valence-electron chi connectivity index (χ1n) is 8.85. The van der Waals surface area contributed by atoms with Crippen LogP contribution >= 0.6 is 11.6 Å². The summed E-state index contributed by atoms with van der Waals surface area (Å²) in [6, 6.07) is 9.73. The van der Waals surface area contributed by atoms with Crippen molar-refractivity contribution < 1.29 is 18.4 Å². The molecule has 0 fully saturated rings. The van der Waals surface area contributed by atoms with Crippen molar-refractivity contribution in [3.05, 3.63) is 82.1 Å². The van der Waals surface area contributed by atoms with Gasteiger partial charge in [0.1, 0.15) is 0 Å². The van der Waals surface area contributed by atoms with Crippen LogP contribution < -0.4 is 4.90 Å². The van der Waals surface area contributed by atoms with E-state index >= 15 is 0 Å². The molecule has 0 atom stereocenters. The van der Waals surface area contributed by atoms with E-state index in [9.17, 15) is 18.4 Å². The SMILES string of the molecule is Cc1nn(-c2ccc(F)c(F)c2)c2ncc3c(c12)C(=O)N(c1cccc(Cl)c1)C3=O. The van der Waals surface area contributed by atoms with Gasteiger partial charge in [-0.1, -0.05) is 17.7 Å². The smallest absolute Gasteiger partial charge is 0.267 e. The second-order valence-electron chi connectivity index (χ2n) is 6.77. The number of benzene rings is 2. The van der Waals surface area contributed by atoms with Gasteiger partial charge < -0.3 is 0 Å². The Morgan fingerprint density at radius 1 is 0.967 bits per heavy atom. The highest BCUT2D eigenvalue weighted by Gasteiger charge is 2.40. The Labute approximate surface area is 173 Å². The second kappa shape index (κ2) is 6.43. The highest BCUT2D eigenvalue weighted by atomic mass is 35.5. The Kier molecular flexibility index (Phi) is 3.94. The normalized spacial score (nSPS) is 13.4. The van der Waals surface area contributed by atoms with Gasteiger partial charge in [-0.25, -0.2) is 23.3 Å². The summed E-state index contributed by atoms with van der Waals surface area (Å²) < 4.78 is 28.4. The van der Waals surface area contributed by atoms with Crippen LogP contribution in [0.5, 0.6) is 0 Å². The van der Waals surface area contributed by atoms with Crippen molar-refractivity contribution in [3.63, 3.8) is 0 Å². The fourth-order valence-corrected chi connectivity index (χ4v) is 3.79. The van der Waals surface area contributed by atoms with Gasteiger partial charge in [-0.05, 0) is 37.3 Å². The second-order valence-corrected chi connectivity index (χ2v) is 7.20. The maximum absolute atomic E-state index is 13.7. The number of fused-ring (bicyclic) bond motifs is 3. The molecular formula is C21H11ClF2N4O2. The third kappa shape index (κ3) is 2.54. The van der Waals surface area contributed by atoms with Crippen molar-refractivity contribution >= 4 is 40.1 Å². The average Bonchev–Trinajstić information content (AvgIpc) is 3.18. The molecule has 0 unspecified atom stereocenters. The molecule has 0 saturated carbocycles. The van der Waals surface area contributed by atoms with Gasteiger partial charge in [0.2, 0.25) is 0 Å². The third-order valence-corrected chi connectivity index (χ3v) is 5.17. The van der Waals surface area contributed by atoms with E-state index in [4.69, 9.17) is 11.6 Å². The van der Waals surface area contributed by atoms with Gasteiger partial charge in [0.25, 0.3) is 11.8 Å². The van der Waals surface area contributed by atoms with Crippen LogP contribution in [0.4, 0.5) is 14.5 Å². The summed E-state index contributed by atoms with van der Waals surface area (Å²) in [5, 5.41) is 5.10. The lowest BCUT2D eigenvalue weighted by Gasteiger charge is -2.13. The first-order chi connectivity index (χ1) is 14.4. The van der Waals surface area contributed by atoms with Gasteiger partial charge in [0.15, 0.2) is 17.3 Å². The molecule has 0 bridgehead atoms. The van der Waals surface area contributed by atoms with Crippen LogP contribution in [0.2, 0.25) is 5.02 Å². The summed E-state index contributed by atoms with van der Waals surface area (Å²) in [7, 11) is 0. The predicted octanol–water partition coefficient (Wildman–Crippen LogP) is 4.46. The molecule has 2 aromatic carbocycles. The predicted molar refractivity (Wildman–Crippen MR) is 106 cm³/mol. The molecule has 0 spiro atoms. The maximum atomic E-state index is 13.7. The van der Waals surface area contributed by atoms with Crippen molar-refractivity contribution in [3.8, 4) is 5.69 Å². The van der Waals surface area contributed by atoms with Crippen LogP contribution in [0.3, 0.4) is 0 Å². The highest BCUT2D eigenvalue weighted by molar-refractivity contribution is 6.38. The van der Waals surface area contributed by atoms with E-state index in [2.05, 4.69) is 10.1 Å². The fourth-order valence-electron chi connectivity index (χ4n) is 3.61. The molecule has 1 aliphatic rings. The lowest BCUT2D eigenvalue weighted by molar-refractivity contribution is 0.0926. The number of amides is 2. The van der Waals surface area contributed by atoms with Crippen LogP contribution in [0.15, 0.2) is 48.7 Å². The number of pyridine rings is 1. The molecule has 0 saturated heterocycles. The molecule has 5 rings (SSSR count). The summed E-state index contributed by atoms with van der Waals surface area (Å²) in [5.41, 5.74) is 1.56. The van der Waals surface area contributed by atoms with Crippen molar-refractivity contribution in [2.75, 3.05) is 4.90 Å². The van der Waals surface area contributed by atoms with Crippen molar-refractivity contribution in [2.24, 2.45) is 0 Å². The summed E-state index contributed by atoms with van der Waals surface area (Å²) in [5.74, 6) is -3.07. The molecule has 4 aromatic rings. The molecule has 3 heterocycles. The molecule has 148 valence electrons. The number of aryl methyl sites for hydroxylation is 1. The lowest BCUT2D eigenvalue weighted by Crippen LogP contribution is -2.29. The number of halogens is 3. The summed E-state index contributed by atoms with van der Waals surface area (Å²) in [6.07, 6.45) is 1.29. The maximum Gasteiger partial charge on any atom is 0.267 e. The van der Waals surface area contributed by atoms with E-state index < -0.39 is 23.4 Å². The fraction of sp³-hybridized carbons (Fsp3) is 0.0476. The zero-order valence-electron chi connectivity index (χ0n) is 15.4. The Morgan fingerprint density at radius 2 is 1.77 bits per heavy atom. The van der Waals surface area contributed by atoms with Crippen molar-refractivity contribution in [1.29, 1.82) is 0 Å². The van der Waals surface area contributed by atoms with Crippen LogP contribution in [0.25, 0.3) is 16.7 Å². The van der Waals surface area contributed by atoms with E-state index in [0.29, 0.717) is 21.8 Å². The van der Waals surface area contributed by atoms with Gasteiger partial charge in [0, 0.05) is 17.3 Å². The number of nitrogens with zero attached hydrogens (tertiary/aromatic N) is 4. The Balaban J connectivity index is 1.72. The summed E-state index contributed by atoms with van der Waals surface area (Å²) >= 11 is 6.01. The van der Waals surface area contributed by atoms with Gasteiger partial charge in [0.05, 0.1) is 33.6 Å². The Bertz CT molecular complexity index is 1400. The first-order valence-corrected chi connectivity index (χ1v) is 9.22. The largest absolute Gasteiger partial charge is 0.268 e. The van der Waals surface area contributed by atoms with Crippen LogP contribution in [-0.2, 0) is 0 Å². The molecule has 0 radical (unpaired) electrons. The zero-order valence-corrected chi connectivity index (χ0v) is 16.1. The van der Waals surface area contributed by atoms with Crippen LogP contribution in [0, 0.1) is 18.6 Å². The molecule has 2 aromatic heterocycles. The lowest BCUT2D eigenvalue weighted by atomic mass is 10.1. The van der Waals surface area contributed by atoms with Gasteiger partial charge >= 0.3 is 0 Å². The Hall–Kier alpha value is -3.65. The van der Waals surface area contributed by atoms with E-state index in [1.807, 2.05) is 0 Å². The monoisotopic (exact) mass is 424 g/mol. The molecule has 1 aliphatic heterocycles. The number of anilines is 1. The van der Waals surface area contributed by atoms with E-state index in [1.165, 1.54) is 23.0 Å². The topological polar surface area (TPSA) is 68.1 Å². The van der Waals surface area contributed by atoms with Gasteiger partial charge in [-0.3, -0.25) is 9.59 Å². The zero-order chi connectivity index (χ0) is 21.2.